The third-order valence-electron chi connectivity index (χ3n) is 2.60. The molecule has 0 amide bonds. The van der Waals surface area contributed by atoms with Crippen LogP contribution in [0.2, 0.25) is 0 Å². The fraction of sp³-hybridized carbons (Fsp3) is 0.0769. The molecule has 0 N–H and O–H groups in total. The SMILES string of the molecule is c1ccc(-c2cccc3c2C3)cc1. The largest absolute Gasteiger partial charge is 0.0622 e. The lowest BCUT2D eigenvalue weighted by molar-refractivity contribution is 1.58. The summed E-state index contributed by atoms with van der Waals surface area (Å²) in [6.07, 6.45) is 1.19. The van der Waals surface area contributed by atoms with Crippen LogP contribution < -0.4 is 0 Å². The number of fused-ring (bicyclic) bond motifs is 1. The molecule has 62 valence electrons. The lowest BCUT2D eigenvalue weighted by Gasteiger charge is -1.98. The Kier molecular flexibility index (Phi) is 1.31. The van der Waals surface area contributed by atoms with Crippen LogP contribution in [0, 0.1) is 0 Å². The highest BCUT2D eigenvalue weighted by atomic mass is 14.2. The van der Waals surface area contributed by atoms with Gasteiger partial charge in [0, 0.05) is 0 Å². The molecule has 2 aromatic rings. The zero-order valence-corrected chi connectivity index (χ0v) is 7.33. The van der Waals surface area contributed by atoms with E-state index < -0.39 is 0 Å². The third kappa shape index (κ3) is 1.06. The molecule has 1 aliphatic rings. The molecule has 0 fully saturated rings. The standard InChI is InChI=1S/C13H10/c1-2-5-10(6-3-1)12-8-4-7-11-9-13(11)12/h1-8H,9H2. The first kappa shape index (κ1) is 6.90. The van der Waals surface area contributed by atoms with Crippen molar-refractivity contribution in [3.63, 3.8) is 0 Å². The van der Waals surface area contributed by atoms with Crippen LogP contribution in [0.5, 0.6) is 0 Å². The summed E-state index contributed by atoms with van der Waals surface area (Å²) >= 11 is 0. The van der Waals surface area contributed by atoms with Crippen molar-refractivity contribution in [1.29, 1.82) is 0 Å². The highest BCUT2D eigenvalue weighted by Crippen LogP contribution is 2.37. The summed E-state index contributed by atoms with van der Waals surface area (Å²) in [5.74, 6) is 0. The van der Waals surface area contributed by atoms with Crippen LogP contribution in [0.4, 0.5) is 0 Å². The predicted octanol–water partition coefficient (Wildman–Crippen LogP) is 3.26. The molecule has 0 radical (unpaired) electrons. The molecule has 0 heteroatoms. The number of rotatable bonds is 1. The molecule has 0 unspecified atom stereocenters. The van der Waals surface area contributed by atoms with Crippen molar-refractivity contribution < 1.29 is 0 Å². The molecule has 0 bridgehead atoms. The highest BCUT2D eigenvalue weighted by molar-refractivity contribution is 5.74. The minimum Gasteiger partial charge on any atom is -0.0622 e. The minimum atomic E-state index is 1.19. The molecule has 1 aliphatic carbocycles. The van der Waals surface area contributed by atoms with Gasteiger partial charge in [0.2, 0.25) is 0 Å². The average Bonchev–Trinajstić information content (AvgIpc) is 2.97. The molecule has 0 saturated heterocycles. The summed E-state index contributed by atoms with van der Waals surface area (Å²) < 4.78 is 0. The van der Waals surface area contributed by atoms with E-state index in [-0.39, 0.29) is 0 Å². The fourth-order valence-electron chi connectivity index (χ4n) is 1.82. The number of benzene rings is 2. The van der Waals surface area contributed by atoms with E-state index in [2.05, 4.69) is 48.5 Å². The van der Waals surface area contributed by atoms with E-state index in [1.54, 1.807) is 0 Å². The Morgan fingerprint density at radius 1 is 0.769 bits per heavy atom. The van der Waals surface area contributed by atoms with Crippen LogP contribution in [-0.2, 0) is 6.42 Å². The molecule has 3 rings (SSSR count). The molecule has 0 aromatic heterocycles. The molecular weight excluding hydrogens is 156 g/mol. The number of hydrogen-bond donors (Lipinski definition) is 0. The minimum absolute atomic E-state index is 1.19. The topological polar surface area (TPSA) is 0 Å². The monoisotopic (exact) mass is 166 g/mol. The second-order valence-electron chi connectivity index (χ2n) is 3.49. The van der Waals surface area contributed by atoms with Gasteiger partial charge in [-0.1, -0.05) is 48.5 Å². The van der Waals surface area contributed by atoms with Crippen LogP contribution in [0.15, 0.2) is 48.5 Å². The Labute approximate surface area is 77.8 Å². The van der Waals surface area contributed by atoms with Crippen molar-refractivity contribution in [3.8, 4) is 11.1 Å². The first-order chi connectivity index (χ1) is 6.45. The van der Waals surface area contributed by atoms with Gasteiger partial charge in [-0.15, -0.1) is 0 Å². The Morgan fingerprint density at radius 3 is 2.46 bits per heavy atom. The van der Waals surface area contributed by atoms with Gasteiger partial charge in [-0.25, -0.2) is 0 Å². The van der Waals surface area contributed by atoms with Gasteiger partial charge in [-0.05, 0) is 28.7 Å². The van der Waals surface area contributed by atoms with Crippen molar-refractivity contribution >= 4 is 0 Å². The zero-order valence-electron chi connectivity index (χ0n) is 7.33. The average molecular weight is 166 g/mol. The summed E-state index contributed by atoms with van der Waals surface area (Å²) in [6, 6.07) is 17.2. The second-order valence-corrected chi connectivity index (χ2v) is 3.49. The van der Waals surface area contributed by atoms with E-state index >= 15 is 0 Å². The van der Waals surface area contributed by atoms with Gasteiger partial charge in [-0.3, -0.25) is 0 Å². The second kappa shape index (κ2) is 2.46. The maximum atomic E-state index is 2.21. The molecule has 0 nitrogen and oxygen atoms in total. The van der Waals surface area contributed by atoms with Gasteiger partial charge in [0.1, 0.15) is 0 Å². The van der Waals surface area contributed by atoms with E-state index in [0.717, 1.165) is 0 Å². The van der Waals surface area contributed by atoms with Crippen molar-refractivity contribution in [1.82, 2.24) is 0 Å². The maximum absolute atomic E-state index is 2.21. The van der Waals surface area contributed by atoms with E-state index in [9.17, 15) is 0 Å². The van der Waals surface area contributed by atoms with Crippen LogP contribution >= 0.6 is 0 Å². The fourth-order valence-corrected chi connectivity index (χ4v) is 1.82. The summed E-state index contributed by atoms with van der Waals surface area (Å²) in [4.78, 5) is 0. The van der Waals surface area contributed by atoms with Gasteiger partial charge in [0.15, 0.2) is 0 Å². The zero-order chi connectivity index (χ0) is 8.67. The molecule has 0 heterocycles. The van der Waals surface area contributed by atoms with Gasteiger partial charge in [-0.2, -0.15) is 0 Å². The maximum Gasteiger partial charge on any atom is -0.00137 e. The van der Waals surface area contributed by atoms with Crippen molar-refractivity contribution in [3.05, 3.63) is 59.7 Å². The first-order valence-corrected chi connectivity index (χ1v) is 4.61. The van der Waals surface area contributed by atoms with Crippen LogP contribution in [0.3, 0.4) is 0 Å². The lowest BCUT2D eigenvalue weighted by atomic mass is 10.1. The summed E-state index contributed by atoms with van der Waals surface area (Å²) in [5, 5.41) is 0. The Balaban J connectivity index is 2.18. The molecule has 13 heavy (non-hydrogen) atoms. The number of hydrogen-bond acceptors (Lipinski definition) is 0. The van der Waals surface area contributed by atoms with Gasteiger partial charge >= 0.3 is 0 Å². The van der Waals surface area contributed by atoms with E-state index in [1.807, 2.05) is 0 Å². The van der Waals surface area contributed by atoms with Gasteiger partial charge in [0.25, 0.3) is 0 Å². The van der Waals surface area contributed by atoms with Crippen LogP contribution in [0.25, 0.3) is 11.1 Å². The predicted molar refractivity (Wildman–Crippen MR) is 54.7 cm³/mol. The van der Waals surface area contributed by atoms with Gasteiger partial charge in [0.05, 0.1) is 0 Å². The van der Waals surface area contributed by atoms with Crippen LogP contribution in [0.1, 0.15) is 11.1 Å². The molecule has 0 saturated carbocycles. The van der Waals surface area contributed by atoms with Gasteiger partial charge < -0.3 is 0 Å². The molecular formula is C13H10. The van der Waals surface area contributed by atoms with E-state index in [0.29, 0.717) is 0 Å². The highest BCUT2D eigenvalue weighted by Gasteiger charge is 2.20. The smallest absolute Gasteiger partial charge is 0.00137 e. The Morgan fingerprint density at radius 2 is 1.62 bits per heavy atom. The van der Waals surface area contributed by atoms with Crippen molar-refractivity contribution in [2.24, 2.45) is 0 Å². The molecule has 0 atom stereocenters. The normalized spacial score (nSPS) is 12.3. The Hall–Kier alpha value is -1.56. The lowest BCUT2D eigenvalue weighted by Crippen LogP contribution is -1.74. The van der Waals surface area contributed by atoms with Crippen molar-refractivity contribution in [2.75, 3.05) is 0 Å². The quantitative estimate of drug-likeness (QED) is 0.520. The van der Waals surface area contributed by atoms with E-state index in [4.69, 9.17) is 0 Å². The van der Waals surface area contributed by atoms with E-state index in [1.165, 1.54) is 28.7 Å². The van der Waals surface area contributed by atoms with Crippen LogP contribution in [-0.4, -0.2) is 0 Å². The Bertz CT molecular complexity index is 441. The molecule has 0 spiro atoms. The molecule has 2 aromatic carbocycles. The summed E-state index contributed by atoms with van der Waals surface area (Å²) in [7, 11) is 0. The first-order valence-electron chi connectivity index (χ1n) is 4.61. The molecule has 0 aliphatic heterocycles. The van der Waals surface area contributed by atoms with Crippen molar-refractivity contribution in [2.45, 2.75) is 6.42 Å². The summed E-state index contributed by atoms with van der Waals surface area (Å²) in [6.45, 7) is 0. The summed E-state index contributed by atoms with van der Waals surface area (Å²) in [5.41, 5.74) is 5.81. The third-order valence-corrected chi connectivity index (χ3v) is 2.60.